The fraction of sp³-hybridized carbons (Fsp3) is 0.438. The van der Waals surface area contributed by atoms with Gasteiger partial charge in [-0.2, -0.15) is 0 Å². The average molecular weight is 228 g/mol. The van der Waals surface area contributed by atoms with Gasteiger partial charge < -0.3 is 0 Å². The lowest BCUT2D eigenvalue weighted by Gasteiger charge is -2.31. The van der Waals surface area contributed by atoms with Gasteiger partial charge in [0.1, 0.15) is 0 Å². The van der Waals surface area contributed by atoms with Crippen LogP contribution in [0.2, 0.25) is 0 Å². The smallest absolute Gasteiger partial charge is 0.159 e. The van der Waals surface area contributed by atoms with E-state index in [9.17, 15) is 4.79 Å². The maximum atomic E-state index is 12.2. The van der Waals surface area contributed by atoms with Crippen molar-refractivity contribution in [2.45, 2.75) is 39.0 Å². The number of rotatable bonds is 2. The zero-order chi connectivity index (χ0) is 12.5. The summed E-state index contributed by atoms with van der Waals surface area (Å²) in [5, 5.41) is 0. The van der Waals surface area contributed by atoms with E-state index in [-0.39, 0.29) is 5.41 Å². The first kappa shape index (κ1) is 12.1. The van der Waals surface area contributed by atoms with E-state index in [1.165, 1.54) is 5.56 Å². The molecular formula is C16H20O. The monoisotopic (exact) mass is 228 g/mol. The molecule has 1 nitrogen and oxygen atoms in total. The molecular weight excluding hydrogens is 208 g/mol. The van der Waals surface area contributed by atoms with E-state index in [4.69, 9.17) is 0 Å². The summed E-state index contributed by atoms with van der Waals surface area (Å²) in [6.45, 7) is 6.42. The number of carbonyl (C=O) groups is 1. The largest absolute Gasteiger partial charge is 0.295 e. The molecule has 1 aliphatic rings. The first-order chi connectivity index (χ1) is 8.01. The molecule has 0 aliphatic heterocycles. The van der Waals surface area contributed by atoms with Crippen LogP contribution in [0.25, 0.3) is 0 Å². The predicted octanol–water partition coefficient (Wildman–Crippen LogP) is 3.89. The molecule has 0 unspecified atom stereocenters. The van der Waals surface area contributed by atoms with Gasteiger partial charge in [-0.1, -0.05) is 57.2 Å². The Morgan fingerprint density at radius 3 is 2.41 bits per heavy atom. The standard InChI is InChI=1S/C16H20O/c1-12-9-10-14(15(17)11-12)16(2,3)13-7-5-4-6-8-13/h4-8,10,12H,9,11H2,1-3H3/t12-/m1/s1. The van der Waals surface area contributed by atoms with Gasteiger partial charge in [-0.15, -0.1) is 0 Å². The Labute approximate surface area is 104 Å². The second-order valence-electron chi connectivity index (χ2n) is 5.58. The molecule has 0 fully saturated rings. The van der Waals surface area contributed by atoms with Gasteiger partial charge in [0.05, 0.1) is 0 Å². The summed E-state index contributed by atoms with van der Waals surface area (Å²) in [5.41, 5.74) is 2.04. The molecule has 1 heteroatoms. The van der Waals surface area contributed by atoms with Gasteiger partial charge in [-0.25, -0.2) is 0 Å². The van der Waals surface area contributed by atoms with Crippen molar-refractivity contribution in [1.29, 1.82) is 0 Å². The Morgan fingerprint density at radius 2 is 1.82 bits per heavy atom. The molecule has 17 heavy (non-hydrogen) atoms. The van der Waals surface area contributed by atoms with Crippen LogP contribution in [-0.4, -0.2) is 5.78 Å². The Hall–Kier alpha value is -1.37. The van der Waals surface area contributed by atoms with Crippen LogP contribution in [0.4, 0.5) is 0 Å². The molecule has 0 saturated heterocycles. The highest BCUT2D eigenvalue weighted by Crippen LogP contribution is 2.36. The zero-order valence-electron chi connectivity index (χ0n) is 10.9. The molecule has 2 rings (SSSR count). The maximum Gasteiger partial charge on any atom is 0.159 e. The van der Waals surface area contributed by atoms with Gasteiger partial charge >= 0.3 is 0 Å². The van der Waals surface area contributed by atoms with Crippen molar-refractivity contribution in [3.63, 3.8) is 0 Å². The van der Waals surface area contributed by atoms with Gasteiger partial charge in [0, 0.05) is 17.4 Å². The quantitative estimate of drug-likeness (QED) is 0.750. The van der Waals surface area contributed by atoms with Crippen molar-refractivity contribution in [3.05, 3.63) is 47.5 Å². The molecule has 0 radical (unpaired) electrons. The first-order valence-electron chi connectivity index (χ1n) is 6.31. The molecule has 1 atom stereocenters. The second-order valence-corrected chi connectivity index (χ2v) is 5.58. The number of carbonyl (C=O) groups excluding carboxylic acids is 1. The molecule has 90 valence electrons. The zero-order valence-corrected chi connectivity index (χ0v) is 10.9. The fourth-order valence-electron chi connectivity index (χ4n) is 2.56. The van der Waals surface area contributed by atoms with E-state index in [0.29, 0.717) is 18.1 Å². The summed E-state index contributed by atoms with van der Waals surface area (Å²) in [5.74, 6) is 0.815. The van der Waals surface area contributed by atoms with E-state index in [0.717, 1.165) is 12.0 Å². The number of allylic oxidation sites excluding steroid dienone is 2. The highest BCUT2D eigenvalue weighted by Gasteiger charge is 2.32. The Balaban J connectivity index is 2.36. The van der Waals surface area contributed by atoms with Crippen LogP contribution in [0.15, 0.2) is 42.0 Å². The lowest BCUT2D eigenvalue weighted by atomic mass is 9.72. The minimum absolute atomic E-state index is 0.168. The van der Waals surface area contributed by atoms with Crippen molar-refractivity contribution < 1.29 is 4.79 Å². The van der Waals surface area contributed by atoms with Gasteiger partial charge in [-0.05, 0) is 17.9 Å². The predicted molar refractivity (Wildman–Crippen MR) is 71.0 cm³/mol. The maximum absolute atomic E-state index is 12.2. The van der Waals surface area contributed by atoms with Crippen LogP contribution < -0.4 is 0 Å². The molecule has 0 amide bonds. The van der Waals surface area contributed by atoms with Crippen molar-refractivity contribution >= 4 is 5.78 Å². The third kappa shape index (κ3) is 2.33. The topological polar surface area (TPSA) is 17.1 Å². The molecule has 0 bridgehead atoms. The number of hydrogen-bond acceptors (Lipinski definition) is 1. The summed E-state index contributed by atoms with van der Waals surface area (Å²) in [6.07, 6.45) is 3.86. The highest BCUT2D eigenvalue weighted by atomic mass is 16.1. The van der Waals surface area contributed by atoms with Crippen LogP contribution in [0, 0.1) is 5.92 Å². The lowest BCUT2D eigenvalue weighted by Crippen LogP contribution is -2.29. The normalized spacial score (nSPS) is 21.2. The van der Waals surface area contributed by atoms with E-state index < -0.39 is 0 Å². The molecule has 0 aromatic heterocycles. The van der Waals surface area contributed by atoms with E-state index in [2.05, 4.69) is 39.0 Å². The highest BCUT2D eigenvalue weighted by molar-refractivity contribution is 5.98. The summed E-state index contributed by atoms with van der Waals surface area (Å²) >= 11 is 0. The van der Waals surface area contributed by atoms with E-state index >= 15 is 0 Å². The van der Waals surface area contributed by atoms with Crippen molar-refractivity contribution in [3.8, 4) is 0 Å². The van der Waals surface area contributed by atoms with Gasteiger partial charge in [-0.3, -0.25) is 4.79 Å². The summed E-state index contributed by atoms with van der Waals surface area (Å²) < 4.78 is 0. The Bertz CT molecular complexity index is 440. The van der Waals surface area contributed by atoms with Crippen LogP contribution in [0.5, 0.6) is 0 Å². The van der Waals surface area contributed by atoms with Crippen LogP contribution in [0.1, 0.15) is 39.2 Å². The van der Waals surface area contributed by atoms with Crippen molar-refractivity contribution in [2.75, 3.05) is 0 Å². The number of ketones is 1. The van der Waals surface area contributed by atoms with E-state index in [1.807, 2.05) is 18.2 Å². The third-order valence-corrected chi connectivity index (χ3v) is 3.73. The minimum Gasteiger partial charge on any atom is -0.295 e. The molecule has 0 heterocycles. The number of Topliss-reactive ketones (excluding diaryl/α,β-unsaturated/α-hetero) is 1. The van der Waals surface area contributed by atoms with E-state index in [1.54, 1.807) is 0 Å². The molecule has 1 aromatic carbocycles. The fourth-order valence-corrected chi connectivity index (χ4v) is 2.56. The molecule has 1 aromatic rings. The third-order valence-electron chi connectivity index (χ3n) is 3.73. The Kier molecular flexibility index (Phi) is 3.19. The van der Waals surface area contributed by atoms with Gasteiger partial charge in [0.2, 0.25) is 0 Å². The Morgan fingerprint density at radius 1 is 1.18 bits per heavy atom. The van der Waals surface area contributed by atoms with Crippen LogP contribution >= 0.6 is 0 Å². The summed E-state index contributed by atoms with van der Waals surface area (Å²) in [6, 6.07) is 10.3. The molecule has 0 saturated carbocycles. The summed E-state index contributed by atoms with van der Waals surface area (Å²) in [7, 11) is 0. The first-order valence-corrected chi connectivity index (χ1v) is 6.31. The summed E-state index contributed by atoms with van der Waals surface area (Å²) in [4.78, 5) is 12.2. The number of hydrogen-bond donors (Lipinski definition) is 0. The molecule has 0 N–H and O–H groups in total. The lowest BCUT2D eigenvalue weighted by molar-refractivity contribution is -0.117. The minimum atomic E-state index is -0.168. The van der Waals surface area contributed by atoms with Gasteiger partial charge in [0.25, 0.3) is 0 Å². The van der Waals surface area contributed by atoms with Crippen LogP contribution in [-0.2, 0) is 10.2 Å². The average Bonchev–Trinajstić information content (AvgIpc) is 2.29. The molecule has 1 aliphatic carbocycles. The van der Waals surface area contributed by atoms with Crippen LogP contribution in [0.3, 0.4) is 0 Å². The van der Waals surface area contributed by atoms with Gasteiger partial charge in [0.15, 0.2) is 5.78 Å². The SMILES string of the molecule is C[C@@H]1CC=C(C(C)(C)c2ccccc2)C(=O)C1. The second kappa shape index (κ2) is 4.48. The van der Waals surface area contributed by atoms with Crippen molar-refractivity contribution in [2.24, 2.45) is 5.92 Å². The number of benzene rings is 1. The van der Waals surface area contributed by atoms with Crippen molar-refractivity contribution in [1.82, 2.24) is 0 Å². The molecule has 0 spiro atoms.